The Morgan fingerprint density at radius 3 is 1.68 bits per heavy atom. The van der Waals surface area contributed by atoms with Gasteiger partial charge in [-0.25, -0.2) is 24.7 Å². The second kappa shape index (κ2) is 15.6. The molecular weight excluding hydrogens is 826 g/mol. The SMILES string of the molecule is C.Cc1cc(Br)c2[nH]c(=O)[nH]c(=O)c2c1.Cc1cc(Br)c2nc(Cl)nc(Cl)c2c1.Cc1cc(Br)c2nc(Cl)nc(N)c2c1.N. The van der Waals surface area contributed by atoms with Gasteiger partial charge in [0, 0.05) is 24.2 Å². The smallest absolute Gasteiger partial charge is 0.326 e. The van der Waals surface area contributed by atoms with Gasteiger partial charge in [-0.15, -0.1) is 0 Å². The maximum Gasteiger partial charge on any atom is 0.326 e. The van der Waals surface area contributed by atoms with Crippen molar-refractivity contribution >= 4 is 121 Å². The first kappa shape index (κ1) is 37.5. The lowest BCUT2D eigenvalue weighted by Gasteiger charge is -2.04. The van der Waals surface area contributed by atoms with E-state index in [1.165, 1.54) is 0 Å². The summed E-state index contributed by atoms with van der Waals surface area (Å²) in [7, 11) is 0. The number of hydrogen-bond acceptors (Lipinski definition) is 8. The van der Waals surface area contributed by atoms with Gasteiger partial charge in [0.1, 0.15) is 11.0 Å². The van der Waals surface area contributed by atoms with Crippen LogP contribution in [0.25, 0.3) is 32.7 Å². The summed E-state index contributed by atoms with van der Waals surface area (Å²) in [6, 6.07) is 11.4. The van der Waals surface area contributed by atoms with Gasteiger partial charge in [0.25, 0.3) is 5.56 Å². The molecule has 0 radical (unpaired) electrons. The third-order valence-electron chi connectivity index (χ3n) is 5.67. The number of fused-ring (bicyclic) bond motifs is 3. The first-order valence-electron chi connectivity index (χ1n) is 11.8. The normalized spacial score (nSPS) is 10.3. The third kappa shape index (κ3) is 8.75. The van der Waals surface area contributed by atoms with Crippen molar-refractivity contribution < 1.29 is 0 Å². The average molecular weight is 853 g/mol. The molecule has 0 amide bonds. The number of aryl methyl sites for hydroxylation is 3. The van der Waals surface area contributed by atoms with Crippen molar-refractivity contribution in [3.8, 4) is 0 Å². The van der Waals surface area contributed by atoms with Crippen LogP contribution in [-0.2, 0) is 0 Å². The van der Waals surface area contributed by atoms with E-state index in [0.717, 1.165) is 51.9 Å². The molecule has 0 aliphatic carbocycles. The highest BCUT2D eigenvalue weighted by molar-refractivity contribution is 9.11. The number of nitrogens with zero attached hydrogens (tertiary/aromatic N) is 4. The molecule has 16 heteroatoms. The van der Waals surface area contributed by atoms with E-state index in [1.807, 2.05) is 51.1 Å². The van der Waals surface area contributed by atoms with Crippen molar-refractivity contribution in [2.24, 2.45) is 0 Å². The Labute approximate surface area is 292 Å². The van der Waals surface area contributed by atoms with Crippen LogP contribution in [0, 0.1) is 20.8 Å². The van der Waals surface area contributed by atoms with Crippen LogP contribution in [0.4, 0.5) is 5.82 Å². The summed E-state index contributed by atoms with van der Waals surface area (Å²) >= 11 is 27.5. The highest BCUT2D eigenvalue weighted by atomic mass is 79.9. The van der Waals surface area contributed by atoms with Gasteiger partial charge in [0.05, 0.1) is 21.9 Å². The van der Waals surface area contributed by atoms with Gasteiger partial charge in [-0.05, 0) is 145 Å². The number of benzene rings is 3. The quantitative estimate of drug-likeness (QED) is 0.0864. The van der Waals surface area contributed by atoms with Crippen LogP contribution in [0.15, 0.2) is 59.4 Å². The topological polar surface area (TPSA) is 178 Å². The predicted molar refractivity (Wildman–Crippen MR) is 193 cm³/mol. The van der Waals surface area contributed by atoms with Gasteiger partial charge >= 0.3 is 5.69 Å². The zero-order chi connectivity index (χ0) is 30.9. The summed E-state index contributed by atoms with van der Waals surface area (Å²) in [6.45, 7) is 5.85. The van der Waals surface area contributed by atoms with Crippen LogP contribution in [-0.4, -0.2) is 29.9 Å². The number of nitrogens with one attached hydrogen (secondary N) is 2. The van der Waals surface area contributed by atoms with Crippen LogP contribution >= 0.6 is 82.6 Å². The number of rotatable bonds is 0. The van der Waals surface area contributed by atoms with Crippen LogP contribution in [0.3, 0.4) is 0 Å². The van der Waals surface area contributed by atoms with Crippen molar-refractivity contribution in [3.05, 3.63) is 103 Å². The molecule has 6 rings (SSSR count). The second-order valence-electron chi connectivity index (χ2n) is 9.02. The largest absolute Gasteiger partial charge is 0.383 e. The summed E-state index contributed by atoms with van der Waals surface area (Å²) in [5.41, 5.74) is 10.0. The molecule has 44 heavy (non-hydrogen) atoms. The molecule has 7 N–H and O–H groups in total. The summed E-state index contributed by atoms with van der Waals surface area (Å²) in [6.07, 6.45) is 0. The maximum atomic E-state index is 11.4. The van der Waals surface area contributed by atoms with Crippen molar-refractivity contribution in [1.29, 1.82) is 0 Å². The van der Waals surface area contributed by atoms with Crippen molar-refractivity contribution in [2.45, 2.75) is 28.2 Å². The number of hydrogen-bond donors (Lipinski definition) is 4. The Kier molecular flexibility index (Phi) is 13.3. The fraction of sp³-hybridized carbons (Fsp3) is 0.143. The number of aromatic amines is 2. The summed E-state index contributed by atoms with van der Waals surface area (Å²) in [5, 5.41) is 2.82. The van der Waals surface area contributed by atoms with Gasteiger partial charge in [0.15, 0.2) is 0 Å². The van der Waals surface area contributed by atoms with Crippen molar-refractivity contribution in [1.82, 2.24) is 36.1 Å². The summed E-state index contributed by atoms with van der Waals surface area (Å²) < 4.78 is 2.47. The molecule has 0 fully saturated rings. The Bertz CT molecular complexity index is 1930. The van der Waals surface area contributed by atoms with Crippen LogP contribution in [0.1, 0.15) is 24.1 Å². The number of halogens is 6. The molecular formula is C28H26Br3Cl3N8O2. The first-order chi connectivity index (χ1) is 19.7. The van der Waals surface area contributed by atoms with Crippen LogP contribution in [0.2, 0.25) is 15.7 Å². The number of H-pyrrole nitrogens is 2. The Balaban J connectivity index is 0.000000225. The van der Waals surface area contributed by atoms with E-state index in [4.69, 9.17) is 40.5 Å². The summed E-state index contributed by atoms with van der Waals surface area (Å²) in [4.78, 5) is 43.1. The van der Waals surface area contributed by atoms with Crippen LogP contribution < -0.4 is 23.1 Å². The minimum Gasteiger partial charge on any atom is -0.383 e. The number of nitrogens with two attached hydrogens (primary N) is 1. The zero-order valence-electron chi connectivity index (χ0n) is 22.6. The Morgan fingerprint density at radius 1 is 0.659 bits per heavy atom. The monoisotopic (exact) mass is 848 g/mol. The van der Waals surface area contributed by atoms with Crippen molar-refractivity contribution in [2.75, 3.05) is 5.73 Å². The molecule has 6 aromatic rings. The van der Waals surface area contributed by atoms with E-state index in [-0.39, 0.29) is 29.7 Å². The predicted octanol–water partition coefficient (Wildman–Crippen LogP) is 9.03. The van der Waals surface area contributed by atoms with Crippen LogP contribution in [0.5, 0.6) is 0 Å². The molecule has 0 aliphatic rings. The molecule has 232 valence electrons. The molecule has 0 bridgehead atoms. The van der Waals surface area contributed by atoms with Gasteiger partial charge in [-0.1, -0.05) is 19.0 Å². The average Bonchev–Trinajstić information content (AvgIpc) is 2.87. The van der Waals surface area contributed by atoms with E-state index in [1.54, 1.807) is 6.07 Å². The van der Waals surface area contributed by atoms with E-state index in [0.29, 0.717) is 21.9 Å². The zero-order valence-corrected chi connectivity index (χ0v) is 29.6. The fourth-order valence-electron chi connectivity index (χ4n) is 3.95. The number of anilines is 1. The maximum absolute atomic E-state index is 11.4. The van der Waals surface area contributed by atoms with Gasteiger partial charge in [-0.2, -0.15) is 0 Å². The van der Waals surface area contributed by atoms with Gasteiger partial charge in [0.2, 0.25) is 10.6 Å². The molecule has 0 saturated heterocycles. The molecule has 0 spiro atoms. The van der Waals surface area contributed by atoms with E-state index in [9.17, 15) is 9.59 Å². The first-order valence-corrected chi connectivity index (χ1v) is 15.3. The second-order valence-corrected chi connectivity index (χ2v) is 12.6. The lowest BCUT2D eigenvalue weighted by atomic mass is 10.1. The lowest BCUT2D eigenvalue weighted by molar-refractivity contribution is 1.08. The summed E-state index contributed by atoms with van der Waals surface area (Å²) in [5.74, 6) is 0.407. The van der Waals surface area contributed by atoms with E-state index in [2.05, 4.69) is 77.7 Å². The molecule has 10 nitrogen and oxygen atoms in total. The lowest BCUT2D eigenvalue weighted by Crippen LogP contribution is -2.22. The van der Waals surface area contributed by atoms with Gasteiger partial charge in [-0.3, -0.25) is 9.78 Å². The number of aromatic nitrogens is 6. The molecule has 0 aliphatic heterocycles. The van der Waals surface area contributed by atoms with E-state index < -0.39 is 5.69 Å². The minimum absolute atomic E-state index is 0. The minimum atomic E-state index is -0.493. The fourth-order valence-corrected chi connectivity index (χ4v) is 6.56. The molecule has 0 atom stereocenters. The highest BCUT2D eigenvalue weighted by Gasteiger charge is 2.09. The molecule has 0 saturated carbocycles. The molecule has 3 aromatic carbocycles. The van der Waals surface area contributed by atoms with Gasteiger partial charge < -0.3 is 16.9 Å². The Hall–Kier alpha value is -2.65. The molecule has 0 unspecified atom stereocenters. The Morgan fingerprint density at radius 2 is 1.11 bits per heavy atom. The van der Waals surface area contributed by atoms with Crippen molar-refractivity contribution in [3.63, 3.8) is 0 Å². The standard InChI is InChI=1S/C9H5BrCl2N2.C9H7BrClN3.C9H7BrN2O2.CH4.H3N/c1-4-2-5-7(6(10)3-4)13-9(12)14-8(5)11;1-4-2-5-7(6(10)3-4)13-9(11)14-8(5)12;1-4-2-5-7(6(10)3-4)11-9(14)12-8(5)13;;/h2-3H,1H3;2-3H,1H3,(H2,12,13,14);2-3H,1H3,(H2,11,12,13,14);1H4;1H3. The van der Waals surface area contributed by atoms with E-state index >= 15 is 0 Å². The molecule has 3 heterocycles. The highest BCUT2D eigenvalue weighted by Crippen LogP contribution is 2.30. The number of nitrogen functional groups attached to an aromatic ring is 1. The third-order valence-corrected chi connectivity index (χ3v) is 8.13. The molecule has 3 aromatic heterocycles.